The van der Waals surface area contributed by atoms with Crippen LogP contribution >= 0.6 is 0 Å². The van der Waals surface area contributed by atoms with Crippen LogP contribution in [0.25, 0.3) is 0 Å². The van der Waals surface area contributed by atoms with Gasteiger partial charge in [0.15, 0.2) is 6.61 Å². The van der Waals surface area contributed by atoms with Gasteiger partial charge in [-0.3, -0.25) is 18.7 Å². The van der Waals surface area contributed by atoms with E-state index in [1.807, 2.05) is 24.3 Å². The number of nitrogens with zero attached hydrogens (tertiary/aromatic N) is 2. The molecular weight excluding hydrogens is 322 g/mol. The third-order valence-corrected chi connectivity index (χ3v) is 3.88. The van der Waals surface area contributed by atoms with Gasteiger partial charge in [-0.15, -0.1) is 0 Å². The number of carbonyl (C=O) groups is 1. The summed E-state index contributed by atoms with van der Waals surface area (Å²) < 4.78 is 7.60. The normalized spacial score (nSPS) is 11.2. The Morgan fingerprint density at radius 3 is 2.24 bits per heavy atom. The molecule has 1 aromatic heterocycles. The van der Waals surface area contributed by atoms with E-state index in [1.54, 1.807) is 0 Å². The average molecular weight is 345 g/mol. The molecule has 0 saturated carbocycles. The zero-order valence-corrected chi connectivity index (χ0v) is 15.1. The zero-order chi connectivity index (χ0) is 18.8. The number of aromatic nitrogens is 2. The third-order valence-electron chi connectivity index (χ3n) is 3.88. The summed E-state index contributed by atoms with van der Waals surface area (Å²) >= 11 is 0. The Morgan fingerprint density at radius 1 is 1.08 bits per heavy atom. The van der Waals surface area contributed by atoms with E-state index < -0.39 is 17.2 Å². The van der Waals surface area contributed by atoms with Gasteiger partial charge in [-0.1, -0.05) is 32.9 Å². The summed E-state index contributed by atoms with van der Waals surface area (Å²) in [6.45, 7) is 6.12. The first kappa shape index (κ1) is 18.5. The van der Waals surface area contributed by atoms with Crippen molar-refractivity contribution in [3.63, 3.8) is 0 Å². The van der Waals surface area contributed by atoms with Gasteiger partial charge in [0.05, 0.1) is 0 Å². The van der Waals surface area contributed by atoms with Gasteiger partial charge in [0.25, 0.3) is 11.5 Å². The van der Waals surface area contributed by atoms with Crippen molar-refractivity contribution < 1.29 is 9.53 Å². The van der Waals surface area contributed by atoms with E-state index in [9.17, 15) is 14.4 Å². The molecule has 25 heavy (non-hydrogen) atoms. The lowest BCUT2D eigenvalue weighted by Crippen LogP contribution is -2.38. The molecule has 0 spiro atoms. The summed E-state index contributed by atoms with van der Waals surface area (Å²) in [5.74, 6) is 0.244. The van der Waals surface area contributed by atoms with Gasteiger partial charge in [-0.25, -0.2) is 4.79 Å². The number of hydrogen-bond donors (Lipinski definition) is 1. The highest BCUT2D eigenvalue weighted by Crippen LogP contribution is 2.24. The zero-order valence-electron chi connectivity index (χ0n) is 15.1. The molecule has 0 bridgehead atoms. The van der Waals surface area contributed by atoms with E-state index in [0.717, 1.165) is 4.57 Å². The van der Waals surface area contributed by atoms with Crippen molar-refractivity contribution in [2.75, 3.05) is 11.9 Å². The molecule has 0 aliphatic carbocycles. The van der Waals surface area contributed by atoms with Gasteiger partial charge in [0.1, 0.15) is 11.6 Å². The first-order chi connectivity index (χ1) is 11.6. The topological polar surface area (TPSA) is 82.3 Å². The van der Waals surface area contributed by atoms with Gasteiger partial charge in [-0.05, 0) is 23.1 Å². The van der Waals surface area contributed by atoms with Crippen LogP contribution in [-0.4, -0.2) is 21.6 Å². The highest BCUT2D eigenvalue weighted by molar-refractivity contribution is 5.91. The maximum atomic E-state index is 12.0. The second-order valence-corrected chi connectivity index (χ2v) is 6.88. The molecule has 0 aliphatic rings. The number of carbonyl (C=O) groups excluding carboxylic acids is 1. The van der Waals surface area contributed by atoms with E-state index in [-0.39, 0.29) is 17.8 Å². The van der Waals surface area contributed by atoms with E-state index in [2.05, 4.69) is 26.1 Å². The Bertz CT molecular complexity index is 887. The van der Waals surface area contributed by atoms with Crippen LogP contribution < -0.4 is 21.3 Å². The molecule has 0 aliphatic heterocycles. The number of anilines is 1. The molecule has 0 saturated heterocycles. The molecule has 1 N–H and O–H groups in total. The maximum Gasteiger partial charge on any atom is 0.332 e. The van der Waals surface area contributed by atoms with Crippen LogP contribution in [0.2, 0.25) is 0 Å². The molecule has 2 aromatic rings. The van der Waals surface area contributed by atoms with Crippen LogP contribution in [0.15, 0.2) is 39.9 Å². The second-order valence-electron chi connectivity index (χ2n) is 6.88. The Hall–Kier alpha value is -2.83. The SMILES string of the molecule is Cn1c(NC(=O)COc2ccc(C(C)(C)C)cc2)cc(=O)n(C)c1=O. The molecule has 2 rings (SSSR count). The average Bonchev–Trinajstić information content (AvgIpc) is 2.55. The number of hydrogen-bond acceptors (Lipinski definition) is 4. The van der Waals surface area contributed by atoms with Gasteiger partial charge in [-0.2, -0.15) is 0 Å². The summed E-state index contributed by atoms with van der Waals surface area (Å²) in [5, 5.41) is 2.51. The van der Waals surface area contributed by atoms with Gasteiger partial charge in [0.2, 0.25) is 0 Å². The molecule has 0 radical (unpaired) electrons. The molecule has 7 heteroatoms. The minimum Gasteiger partial charge on any atom is -0.484 e. The Kier molecular flexibility index (Phi) is 5.15. The van der Waals surface area contributed by atoms with Crippen molar-refractivity contribution in [3.05, 3.63) is 56.7 Å². The highest BCUT2D eigenvalue weighted by Gasteiger charge is 2.13. The fraction of sp³-hybridized carbons (Fsp3) is 0.389. The number of rotatable bonds is 4. The predicted molar refractivity (Wildman–Crippen MR) is 96.2 cm³/mol. The van der Waals surface area contributed by atoms with Crippen molar-refractivity contribution >= 4 is 11.7 Å². The quantitative estimate of drug-likeness (QED) is 0.908. The van der Waals surface area contributed by atoms with Crippen LogP contribution in [0.5, 0.6) is 5.75 Å². The fourth-order valence-corrected chi connectivity index (χ4v) is 2.23. The fourth-order valence-electron chi connectivity index (χ4n) is 2.23. The number of amides is 1. The van der Waals surface area contributed by atoms with Crippen LogP contribution in [-0.2, 0) is 24.3 Å². The Labute approximate surface area is 145 Å². The molecular formula is C18H23N3O4. The summed E-state index contributed by atoms with van der Waals surface area (Å²) in [7, 11) is 2.85. The van der Waals surface area contributed by atoms with Gasteiger partial charge in [0, 0.05) is 20.2 Å². The molecule has 7 nitrogen and oxygen atoms in total. The number of ether oxygens (including phenoxy) is 1. The van der Waals surface area contributed by atoms with Gasteiger partial charge < -0.3 is 10.1 Å². The molecule has 1 amide bonds. The number of nitrogens with one attached hydrogen (secondary N) is 1. The summed E-state index contributed by atoms with van der Waals surface area (Å²) in [5.41, 5.74) is 0.207. The first-order valence-corrected chi connectivity index (χ1v) is 7.90. The smallest absolute Gasteiger partial charge is 0.332 e. The third kappa shape index (κ3) is 4.37. The minimum absolute atomic E-state index is 0.0418. The highest BCUT2D eigenvalue weighted by atomic mass is 16.5. The Balaban J connectivity index is 2.02. The first-order valence-electron chi connectivity index (χ1n) is 7.90. The van der Waals surface area contributed by atoms with E-state index in [0.29, 0.717) is 5.75 Å². The van der Waals surface area contributed by atoms with Crippen molar-refractivity contribution in [1.29, 1.82) is 0 Å². The molecule has 1 heterocycles. The van der Waals surface area contributed by atoms with Gasteiger partial charge >= 0.3 is 5.69 Å². The van der Waals surface area contributed by atoms with Crippen LogP contribution in [0.1, 0.15) is 26.3 Å². The molecule has 0 atom stereocenters. The van der Waals surface area contributed by atoms with Crippen molar-refractivity contribution in [3.8, 4) is 5.75 Å². The standard InChI is InChI=1S/C18H23N3O4/c1-18(2,3)12-6-8-13(9-7-12)25-11-15(22)19-14-10-16(23)21(5)17(24)20(14)4/h6-10H,11H2,1-5H3,(H,19,22). The van der Waals surface area contributed by atoms with Crippen molar-refractivity contribution in [2.24, 2.45) is 14.1 Å². The summed E-state index contributed by atoms with van der Waals surface area (Å²) in [6, 6.07) is 8.72. The lowest BCUT2D eigenvalue weighted by atomic mass is 9.87. The largest absolute Gasteiger partial charge is 0.484 e. The van der Waals surface area contributed by atoms with E-state index >= 15 is 0 Å². The monoisotopic (exact) mass is 345 g/mol. The molecule has 134 valence electrons. The molecule has 0 unspecified atom stereocenters. The Morgan fingerprint density at radius 2 is 1.68 bits per heavy atom. The van der Waals surface area contributed by atoms with Crippen LogP contribution in [0.4, 0.5) is 5.82 Å². The molecule has 1 aromatic carbocycles. The van der Waals surface area contributed by atoms with E-state index in [4.69, 9.17) is 4.74 Å². The minimum atomic E-state index is -0.513. The lowest BCUT2D eigenvalue weighted by Gasteiger charge is -2.19. The van der Waals surface area contributed by atoms with Crippen LogP contribution in [0, 0.1) is 0 Å². The van der Waals surface area contributed by atoms with Crippen molar-refractivity contribution in [2.45, 2.75) is 26.2 Å². The number of benzene rings is 1. The second kappa shape index (κ2) is 6.96. The van der Waals surface area contributed by atoms with Crippen LogP contribution in [0.3, 0.4) is 0 Å². The summed E-state index contributed by atoms with van der Waals surface area (Å²) in [6.07, 6.45) is 0. The van der Waals surface area contributed by atoms with Crippen molar-refractivity contribution in [1.82, 2.24) is 9.13 Å². The summed E-state index contributed by atoms with van der Waals surface area (Å²) in [4.78, 5) is 35.5. The maximum absolute atomic E-state index is 12.0. The molecule has 0 fully saturated rings. The predicted octanol–water partition coefficient (Wildman–Crippen LogP) is 1.40. The van der Waals surface area contributed by atoms with E-state index in [1.165, 1.54) is 30.3 Å². The lowest BCUT2D eigenvalue weighted by molar-refractivity contribution is -0.118.